The molecule has 2 bridgehead atoms. The average Bonchev–Trinajstić information content (AvgIpc) is 2.87. The maximum Gasteiger partial charge on any atom is 0.125 e. The second-order valence-electron chi connectivity index (χ2n) is 6.99. The number of hydrogen-bond acceptors (Lipinski definition) is 3. The zero-order valence-corrected chi connectivity index (χ0v) is 12.8. The number of phenolic OH excluding ortho intramolecular Hbond substituents is 1. The zero-order valence-electron chi connectivity index (χ0n) is 12.8. The fourth-order valence-corrected chi connectivity index (χ4v) is 4.29. The minimum absolute atomic E-state index is 0.0680. The number of aromatic hydroxyl groups is 1. The summed E-state index contributed by atoms with van der Waals surface area (Å²) < 4.78 is 11.7. The Hall–Kier alpha value is -1.22. The van der Waals surface area contributed by atoms with Crippen LogP contribution in [0.15, 0.2) is 18.2 Å². The van der Waals surface area contributed by atoms with Crippen LogP contribution in [-0.2, 0) is 11.2 Å². The van der Waals surface area contributed by atoms with Crippen LogP contribution in [0.5, 0.6) is 11.5 Å². The highest BCUT2D eigenvalue weighted by atomic mass is 16.5. The SMILES string of the molecule is COc1cccc(O)c1CC1C2(C)CCC(O2)C1(C)C. The molecule has 2 fully saturated rings. The summed E-state index contributed by atoms with van der Waals surface area (Å²) in [5, 5.41) is 10.2. The van der Waals surface area contributed by atoms with E-state index in [1.54, 1.807) is 13.2 Å². The van der Waals surface area contributed by atoms with Gasteiger partial charge in [-0.3, -0.25) is 0 Å². The van der Waals surface area contributed by atoms with Crippen molar-refractivity contribution < 1.29 is 14.6 Å². The van der Waals surface area contributed by atoms with E-state index in [1.165, 1.54) is 0 Å². The quantitative estimate of drug-likeness (QED) is 0.917. The monoisotopic (exact) mass is 276 g/mol. The van der Waals surface area contributed by atoms with Crippen molar-refractivity contribution in [2.24, 2.45) is 11.3 Å². The van der Waals surface area contributed by atoms with Crippen molar-refractivity contribution in [2.75, 3.05) is 7.11 Å². The van der Waals surface area contributed by atoms with Crippen LogP contribution in [0.4, 0.5) is 0 Å². The first-order valence-electron chi connectivity index (χ1n) is 7.41. The molecule has 2 saturated heterocycles. The lowest BCUT2D eigenvalue weighted by atomic mass is 9.62. The van der Waals surface area contributed by atoms with E-state index in [0.717, 1.165) is 30.6 Å². The number of methoxy groups -OCH3 is 1. The highest BCUT2D eigenvalue weighted by Crippen LogP contribution is 2.59. The molecule has 2 aliphatic rings. The Labute approximate surface area is 120 Å². The first kappa shape index (κ1) is 13.7. The third-order valence-corrected chi connectivity index (χ3v) is 5.52. The second kappa shape index (κ2) is 4.39. The maximum atomic E-state index is 10.2. The van der Waals surface area contributed by atoms with E-state index in [0.29, 0.717) is 17.8 Å². The van der Waals surface area contributed by atoms with Crippen molar-refractivity contribution in [1.82, 2.24) is 0 Å². The minimum atomic E-state index is -0.0680. The number of hydrogen-bond donors (Lipinski definition) is 1. The van der Waals surface area contributed by atoms with E-state index < -0.39 is 0 Å². The van der Waals surface area contributed by atoms with Gasteiger partial charge in [0.25, 0.3) is 0 Å². The molecule has 1 aromatic carbocycles. The van der Waals surface area contributed by atoms with Crippen molar-refractivity contribution in [2.45, 2.75) is 51.7 Å². The van der Waals surface area contributed by atoms with Crippen LogP contribution < -0.4 is 4.74 Å². The zero-order chi connectivity index (χ0) is 14.5. The highest BCUT2D eigenvalue weighted by Gasteiger charge is 2.60. The van der Waals surface area contributed by atoms with Crippen LogP contribution in [0.3, 0.4) is 0 Å². The molecule has 110 valence electrons. The molecule has 2 aliphatic heterocycles. The Morgan fingerprint density at radius 2 is 2.10 bits per heavy atom. The van der Waals surface area contributed by atoms with Gasteiger partial charge in [-0.2, -0.15) is 0 Å². The van der Waals surface area contributed by atoms with Gasteiger partial charge in [0, 0.05) is 5.56 Å². The van der Waals surface area contributed by atoms with Gasteiger partial charge < -0.3 is 14.6 Å². The van der Waals surface area contributed by atoms with Crippen LogP contribution >= 0.6 is 0 Å². The molecule has 0 saturated carbocycles. The van der Waals surface area contributed by atoms with Gasteiger partial charge in [-0.25, -0.2) is 0 Å². The number of rotatable bonds is 3. The standard InChI is InChI=1S/C17H24O3/c1-16(2)14(17(3)9-8-15(16)20-17)10-11-12(18)6-5-7-13(11)19-4/h5-7,14-15,18H,8-10H2,1-4H3. The highest BCUT2D eigenvalue weighted by molar-refractivity contribution is 5.44. The van der Waals surface area contributed by atoms with E-state index in [9.17, 15) is 5.11 Å². The Morgan fingerprint density at radius 1 is 1.35 bits per heavy atom. The van der Waals surface area contributed by atoms with Crippen molar-refractivity contribution in [3.8, 4) is 11.5 Å². The molecule has 3 nitrogen and oxygen atoms in total. The molecule has 3 rings (SSSR count). The molecule has 0 aliphatic carbocycles. The summed E-state index contributed by atoms with van der Waals surface area (Å²) in [7, 11) is 1.66. The van der Waals surface area contributed by atoms with Crippen molar-refractivity contribution in [3.63, 3.8) is 0 Å². The van der Waals surface area contributed by atoms with Crippen molar-refractivity contribution in [3.05, 3.63) is 23.8 Å². The van der Waals surface area contributed by atoms with Gasteiger partial charge in [0.15, 0.2) is 0 Å². The van der Waals surface area contributed by atoms with E-state index in [-0.39, 0.29) is 11.0 Å². The van der Waals surface area contributed by atoms with Gasteiger partial charge in [0.2, 0.25) is 0 Å². The molecular weight excluding hydrogens is 252 g/mol. The fourth-order valence-electron chi connectivity index (χ4n) is 4.29. The van der Waals surface area contributed by atoms with Gasteiger partial charge in [-0.15, -0.1) is 0 Å². The molecule has 3 unspecified atom stereocenters. The molecule has 0 radical (unpaired) electrons. The molecule has 0 spiro atoms. The van der Waals surface area contributed by atoms with Gasteiger partial charge in [0.05, 0.1) is 18.8 Å². The number of fused-ring (bicyclic) bond motifs is 2. The lowest BCUT2D eigenvalue weighted by Gasteiger charge is -2.39. The summed E-state index contributed by atoms with van der Waals surface area (Å²) in [5.41, 5.74) is 0.979. The van der Waals surface area contributed by atoms with E-state index in [4.69, 9.17) is 9.47 Å². The Bertz CT molecular complexity index is 518. The molecule has 3 atom stereocenters. The molecule has 1 N–H and O–H groups in total. The predicted molar refractivity (Wildman–Crippen MR) is 78.1 cm³/mol. The number of phenols is 1. The van der Waals surface area contributed by atoms with Crippen LogP contribution in [-0.4, -0.2) is 23.9 Å². The Morgan fingerprint density at radius 3 is 2.70 bits per heavy atom. The second-order valence-corrected chi connectivity index (χ2v) is 6.99. The first-order chi connectivity index (χ1) is 9.38. The number of ether oxygens (including phenoxy) is 2. The largest absolute Gasteiger partial charge is 0.508 e. The third kappa shape index (κ3) is 1.83. The molecule has 20 heavy (non-hydrogen) atoms. The summed E-state index contributed by atoms with van der Waals surface area (Å²) >= 11 is 0. The van der Waals surface area contributed by atoms with Crippen molar-refractivity contribution >= 4 is 0 Å². The minimum Gasteiger partial charge on any atom is -0.508 e. The molecular formula is C17H24O3. The Balaban J connectivity index is 1.96. The van der Waals surface area contributed by atoms with Crippen LogP contribution in [0.2, 0.25) is 0 Å². The lowest BCUT2D eigenvalue weighted by molar-refractivity contribution is 0.00588. The van der Waals surface area contributed by atoms with Gasteiger partial charge >= 0.3 is 0 Å². The summed E-state index contributed by atoms with van der Waals surface area (Å²) in [6.45, 7) is 6.80. The molecule has 1 aromatic rings. The summed E-state index contributed by atoms with van der Waals surface area (Å²) in [6.07, 6.45) is 3.41. The lowest BCUT2D eigenvalue weighted by Crippen LogP contribution is -2.41. The fraction of sp³-hybridized carbons (Fsp3) is 0.647. The van der Waals surface area contributed by atoms with Crippen LogP contribution in [0.1, 0.15) is 39.2 Å². The number of benzene rings is 1. The van der Waals surface area contributed by atoms with Gasteiger partial charge in [-0.1, -0.05) is 19.9 Å². The topological polar surface area (TPSA) is 38.7 Å². The smallest absolute Gasteiger partial charge is 0.125 e. The van der Waals surface area contributed by atoms with Gasteiger partial charge in [-0.05, 0) is 49.7 Å². The van der Waals surface area contributed by atoms with E-state index >= 15 is 0 Å². The van der Waals surface area contributed by atoms with Crippen LogP contribution in [0.25, 0.3) is 0 Å². The predicted octanol–water partition coefficient (Wildman–Crippen LogP) is 3.54. The summed E-state index contributed by atoms with van der Waals surface area (Å²) in [4.78, 5) is 0. The molecule has 0 amide bonds. The normalized spacial score (nSPS) is 34.4. The van der Waals surface area contributed by atoms with Crippen molar-refractivity contribution in [1.29, 1.82) is 0 Å². The third-order valence-electron chi connectivity index (χ3n) is 5.52. The van der Waals surface area contributed by atoms with E-state index in [2.05, 4.69) is 20.8 Å². The van der Waals surface area contributed by atoms with Gasteiger partial charge in [0.1, 0.15) is 11.5 Å². The Kier molecular flexibility index (Phi) is 3.02. The van der Waals surface area contributed by atoms with Crippen LogP contribution in [0, 0.1) is 11.3 Å². The molecule has 3 heteroatoms. The first-order valence-corrected chi connectivity index (χ1v) is 7.41. The maximum absolute atomic E-state index is 10.2. The summed E-state index contributed by atoms with van der Waals surface area (Å²) in [6, 6.07) is 5.47. The molecule has 2 heterocycles. The van der Waals surface area contributed by atoms with E-state index in [1.807, 2.05) is 12.1 Å². The summed E-state index contributed by atoms with van der Waals surface area (Å²) in [5.74, 6) is 1.50. The average molecular weight is 276 g/mol. The molecule has 0 aromatic heterocycles.